The molecule has 20 heavy (non-hydrogen) atoms. The Balaban J connectivity index is 1.97. The first kappa shape index (κ1) is 14.2. The van der Waals surface area contributed by atoms with E-state index in [9.17, 15) is 4.79 Å². The Labute approximate surface area is 118 Å². The molecule has 0 fully saturated rings. The highest BCUT2D eigenvalue weighted by molar-refractivity contribution is 5.90. The van der Waals surface area contributed by atoms with Crippen LogP contribution in [0.25, 0.3) is 0 Å². The van der Waals surface area contributed by atoms with Crippen molar-refractivity contribution in [1.82, 2.24) is 15.0 Å². The number of carbonyl (C=O) groups excluding carboxylic acids is 1. The molecule has 0 saturated carbocycles. The van der Waals surface area contributed by atoms with Gasteiger partial charge in [-0.2, -0.15) is 0 Å². The molecule has 1 heterocycles. The standard InChI is InChI=1S/C14H19N5O/c1-10(2)11-3-5-12(6-4-11)17-14(20)9-19-13(7-15)8-16-18-19/h3-6,8,10H,7,9,15H2,1-2H3,(H,17,20). The van der Waals surface area contributed by atoms with Gasteiger partial charge in [-0.05, 0) is 23.6 Å². The number of anilines is 1. The molecule has 3 N–H and O–H groups in total. The zero-order chi connectivity index (χ0) is 14.5. The van der Waals surface area contributed by atoms with E-state index in [0.717, 1.165) is 11.4 Å². The molecule has 0 aliphatic rings. The molecule has 0 radical (unpaired) electrons. The van der Waals surface area contributed by atoms with Gasteiger partial charge in [-0.25, -0.2) is 4.68 Å². The summed E-state index contributed by atoms with van der Waals surface area (Å²) >= 11 is 0. The van der Waals surface area contributed by atoms with Crippen LogP contribution in [0.4, 0.5) is 5.69 Å². The summed E-state index contributed by atoms with van der Waals surface area (Å²) in [5, 5.41) is 10.4. The van der Waals surface area contributed by atoms with Gasteiger partial charge in [-0.3, -0.25) is 4.79 Å². The largest absolute Gasteiger partial charge is 0.325 e. The number of amides is 1. The summed E-state index contributed by atoms with van der Waals surface area (Å²) in [6.45, 7) is 4.68. The van der Waals surface area contributed by atoms with Gasteiger partial charge in [-0.15, -0.1) is 5.10 Å². The number of aromatic nitrogens is 3. The minimum atomic E-state index is -0.150. The number of hydrogen-bond donors (Lipinski definition) is 2. The Morgan fingerprint density at radius 1 is 1.35 bits per heavy atom. The van der Waals surface area contributed by atoms with Gasteiger partial charge >= 0.3 is 0 Å². The average Bonchev–Trinajstić information content (AvgIpc) is 2.86. The van der Waals surface area contributed by atoms with E-state index in [0.29, 0.717) is 12.5 Å². The van der Waals surface area contributed by atoms with Crippen molar-refractivity contribution in [3.63, 3.8) is 0 Å². The SMILES string of the molecule is CC(C)c1ccc(NC(=O)Cn2nncc2CN)cc1. The van der Waals surface area contributed by atoms with Crippen LogP contribution in [0.15, 0.2) is 30.5 Å². The van der Waals surface area contributed by atoms with E-state index in [-0.39, 0.29) is 12.5 Å². The molecule has 2 rings (SSSR count). The maximum Gasteiger partial charge on any atom is 0.246 e. The van der Waals surface area contributed by atoms with E-state index >= 15 is 0 Å². The number of carbonyl (C=O) groups is 1. The molecule has 1 amide bonds. The highest BCUT2D eigenvalue weighted by Crippen LogP contribution is 2.17. The molecule has 1 aromatic carbocycles. The van der Waals surface area contributed by atoms with Gasteiger partial charge in [0, 0.05) is 12.2 Å². The van der Waals surface area contributed by atoms with Crippen LogP contribution in [-0.2, 0) is 17.9 Å². The highest BCUT2D eigenvalue weighted by atomic mass is 16.2. The summed E-state index contributed by atoms with van der Waals surface area (Å²) in [5.74, 6) is 0.324. The number of nitrogens with one attached hydrogen (secondary N) is 1. The van der Waals surface area contributed by atoms with Gasteiger partial charge < -0.3 is 11.1 Å². The fourth-order valence-corrected chi connectivity index (χ4v) is 1.86. The number of rotatable bonds is 5. The second-order valence-electron chi connectivity index (χ2n) is 4.91. The van der Waals surface area contributed by atoms with Crippen molar-refractivity contribution in [2.45, 2.75) is 32.9 Å². The van der Waals surface area contributed by atoms with Gasteiger partial charge in [0.1, 0.15) is 6.54 Å². The lowest BCUT2D eigenvalue weighted by Crippen LogP contribution is -2.21. The van der Waals surface area contributed by atoms with Crippen molar-refractivity contribution >= 4 is 11.6 Å². The third kappa shape index (κ3) is 3.42. The van der Waals surface area contributed by atoms with Crippen LogP contribution in [0, 0.1) is 0 Å². The first-order valence-corrected chi connectivity index (χ1v) is 6.57. The fourth-order valence-electron chi connectivity index (χ4n) is 1.86. The normalized spacial score (nSPS) is 10.8. The molecular weight excluding hydrogens is 254 g/mol. The minimum Gasteiger partial charge on any atom is -0.325 e. The van der Waals surface area contributed by atoms with Crippen molar-refractivity contribution in [3.05, 3.63) is 41.7 Å². The summed E-state index contributed by atoms with van der Waals surface area (Å²) in [4.78, 5) is 11.9. The number of nitrogens with two attached hydrogens (primary N) is 1. The number of hydrogen-bond acceptors (Lipinski definition) is 4. The Kier molecular flexibility index (Phi) is 4.47. The van der Waals surface area contributed by atoms with Crippen molar-refractivity contribution in [1.29, 1.82) is 0 Å². The Morgan fingerprint density at radius 3 is 2.65 bits per heavy atom. The second-order valence-corrected chi connectivity index (χ2v) is 4.91. The molecule has 0 saturated heterocycles. The van der Waals surface area contributed by atoms with Crippen molar-refractivity contribution in [2.24, 2.45) is 5.73 Å². The molecule has 106 valence electrons. The summed E-state index contributed by atoms with van der Waals surface area (Å²) in [6.07, 6.45) is 1.56. The van der Waals surface area contributed by atoms with E-state index in [4.69, 9.17) is 5.73 Å². The van der Waals surface area contributed by atoms with Gasteiger partial charge in [0.05, 0.1) is 11.9 Å². The molecule has 0 spiro atoms. The van der Waals surface area contributed by atoms with Crippen LogP contribution in [0.2, 0.25) is 0 Å². The molecule has 2 aromatic rings. The predicted octanol–water partition coefficient (Wildman–Crippen LogP) is 1.50. The lowest BCUT2D eigenvalue weighted by molar-refractivity contribution is -0.117. The van der Waals surface area contributed by atoms with E-state index < -0.39 is 0 Å². The third-order valence-electron chi connectivity index (χ3n) is 3.06. The van der Waals surface area contributed by atoms with Gasteiger partial charge in [0.15, 0.2) is 0 Å². The molecular formula is C14H19N5O. The van der Waals surface area contributed by atoms with Gasteiger partial charge in [0.2, 0.25) is 5.91 Å². The molecule has 6 nitrogen and oxygen atoms in total. The van der Waals surface area contributed by atoms with Gasteiger partial charge in [0.25, 0.3) is 0 Å². The van der Waals surface area contributed by atoms with Crippen molar-refractivity contribution in [3.8, 4) is 0 Å². The quantitative estimate of drug-likeness (QED) is 0.864. The smallest absolute Gasteiger partial charge is 0.246 e. The monoisotopic (exact) mass is 273 g/mol. The summed E-state index contributed by atoms with van der Waals surface area (Å²) < 4.78 is 1.50. The van der Waals surface area contributed by atoms with Crippen LogP contribution in [0.1, 0.15) is 31.0 Å². The zero-order valence-electron chi connectivity index (χ0n) is 11.7. The summed E-state index contributed by atoms with van der Waals surface area (Å²) in [6, 6.07) is 7.83. The van der Waals surface area contributed by atoms with Crippen LogP contribution >= 0.6 is 0 Å². The third-order valence-corrected chi connectivity index (χ3v) is 3.06. The molecule has 1 aromatic heterocycles. The average molecular weight is 273 g/mol. The van der Waals surface area contributed by atoms with Crippen LogP contribution in [-0.4, -0.2) is 20.9 Å². The summed E-state index contributed by atoms with van der Waals surface area (Å²) in [7, 11) is 0. The first-order valence-electron chi connectivity index (χ1n) is 6.57. The molecule has 0 bridgehead atoms. The van der Waals surface area contributed by atoms with Crippen LogP contribution in [0.3, 0.4) is 0 Å². The maximum atomic E-state index is 11.9. The first-order chi connectivity index (χ1) is 9.60. The Morgan fingerprint density at radius 2 is 2.05 bits per heavy atom. The highest BCUT2D eigenvalue weighted by Gasteiger charge is 2.08. The van der Waals surface area contributed by atoms with E-state index in [1.165, 1.54) is 10.2 Å². The lowest BCUT2D eigenvalue weighted by atomic mass is 10.0. The van der Waals surface area contributed by atoms with Gasteiger partial charge in [-0.1, -0.05) is 31.2 Å². The van der Waals surface area contributed by atoms with E-state index in [2.05, 4.69) is 29.5 Å². The van der Waals surface area contributed by atoms with E-state index in [1.807, 2.05) is 24.3 Å². The topological polar surface area (TPSA) is 85.8 Å². The van der Waals surface area contributed by atoms with Crippen molar-refractivity contribution in [2.75, 3.05) is 5.32 Å². The second kappa shape index (κ2) is 6.29. The maximum absolute atomic E-state index is 11.9. The minimum absolute atomic E-state index is 0.110. The summed E-state index contributed by atoms with van der Waals surface area (Å²) in [5.41, 5.74) is 8.28. The predicted molar refractivity (Wildman–Crippen MR) is 77.1 cm³/mol. The van der Waals surface area contributed by atoms with Crippen molar-refractivity contribution < 1.29 is 4.79 Å². The Hall–Kier alpha value is -2.21. The Bertz CT molecular complexity index is 574. The molecule has 0 unspecified atom stereocenters. The molecule has 6 heteroatoms. The zero-order valence-corrected chi connectivity index (χ0v) is 11.7. The van der Waals surface area contributed by atoms with Crippen LogP contribution < -0.4 is 11.1 Å². The fraction of sp³-hybridized carbons (Fsp3) is 0.357. The number of nitrogens with zero attached hydrogens (tertiary/aromatic N) is 3. The number of benzene rings is 1. The van der Waals surface area contributed by atoms with Crippen LogP contribution in [0.5, 0.6) is 0 Å². The lowest BCUT2D eigenvalue weighted by Gasteiger charge is -2.09. The molecule has 0 atom stereocenters. The molecule has 0 aliphatic carbocycles. The van der Waals surface area contributed by atoms with E-state index in [1.54, 1.807) is 6.20 Å². The molecule has 0 aliphatic heterocycles.